The number of hydrogen-bond acceptors (Lipinski definition) is 12. The summed E-state index contributed by atoms with van der Waals surface area (Å²) in [5.74, 6) is -6.45. The van der Waals surface area contributed by atoms with E-state index in [0.717, 1.165) is 10.9 Å². The molecule has 0 aliphatic heterocycles. The van der Waals surface area contributed by atoms with E-state index < -0.39 is 94.3 Å². The minimum absolute atomic E-state index is 0.00114. The number of carboxylic acids is 1. The van der Waals surface area contributed by atoms with Gasteiger partial charge in [0.05, 0.1) is 6.42 Å². The third-order valence-corrected chi connectivity index (χ3v) is 11.1. The number of hydrogen-bond donors (Lipinski definition) is 10. The molecule has 0 aliphatic rings. The predicted molar refractivity (Wildman–Crippen MR) is 246 cm³/mol. The number of H-pyrrole nitrogens is 1. The van der Waals surface area contributed by atoms with Crippen LogP contribution in [0.5, 0.6) is 5.75 Å². The van der Waals surface area contributed by atoms with Gasteiger partial charge in [0.1, 0.15) is 36.0 Å². The van der Waals surface area contributed by atoms with Gasteiger partial charge < -0.3 is 51.9 Å². The summed E-state index contributed by atoms with van der Waals surface area (Å²) in [5.41, 5.74) is 8.16. The lowest BCUT2D eigenvalue weighted by Crippen LogP contribution is -2.59. The fourth-order valence-corrected chi connectivity index (χ4v) is 7.68. The molecule has 1 aromatic heterocycles. The van der Waals surface area contributed by atoms with E-state index in [1.165, 1.54) is 43.0 Å². The van der Waals surface area contributed by atoms with Crippen molar-refractivity contribution in [2.75, 3.05) is 18.6 Å². The van der Waals surface area contributed by atoms with Crippen molar-refractivity contribution in [3.63, 3.8) is 0 Å². The van der Waals surface area contributed by atoms with Crippen LogP contribution in [0.1, 0.15) is 49.3 Å². The first kappa shape index (κ1) is 52.6. The molecule has 67 heavy (non-hydrogen) atoms. The van der Waals surface area contributed by atoms with Gasteiger partial charge in [-0.05, 0) is 59.7 Å². The third-order valence-electron chi connectivity index (χ3n) is 10.1. The average Bonchev–Trinajstić information content (AvgIpc) is 3.68. The zero-order chi connectivity index (χ0) is 49.1. The molecule has 3 aromatic carbocycles. The summed E-state index contributed by atoms with van der Waals surface area (Å²) in [4.78, 5) is 107. The molecule has 0 saturated heterocycles. The van der Waals surface area contributed by atoms with E-state index >= 15 is 0 Å². The molecular formula is C44H54N8O13S2. The Morgan fingerprint density at radius 1 is 0.716 bits per heavy atom. The lowest BCUT2D eigenvalue weighted by atomic mass is 10.0. The Hall–Kier alpha value is -6.98. The zero-order valence-corrected chi connectivity index (χ0v) is 38.2. The SMILES string of the molecule is CSCC[C@H](NC(=O)[C@H](Cc1c[nH]c2ccccc12)NC(=O)CCCNC(=O)[C@H](Cc1ccc(OS(=O)(=O)O)cc1)NC(C)=O)C(=O)N[C@@H](CC(=O)O)C(=O)N[C@@H](Cc1ccccc1)C(N)=O. The largest absolute Gasteiger partial charge is 0.481 e. The number of carboxylic acid groups (broad SMARTS) is 1. The molecule has 0 aliphatic carbocycles. The number of nitrogens with two attached hydrogens (primary N) is 1. The molecule has 11 N–H and O–H groups in total. The second-order valence-electron chi connectivity index (χ2n) is 15.3. The molecule has 1 heterocycles. The first-order chi connectivity index (χ1) is 31.8. The minimum atomic E-state index is -4.75. The molecule has 4 rings (SSSR count). The molecule has 0 fully saturated rings. The number of nitrogens with one attached hydrogen (secondary N) is 7. The quantitative estimate of drug-likeness (QED) is 0.0286. The van der Waals surface area contributed by atoms with E-state index in [1.54, 1.807) is 48.9 Å². The van der Waals surface area contributed by atoms with Crippen LogP contribution in [0.4, 0.5) is 0 Å². The molecule has 0 bridgehead atoms. The number of para-hydroxylation sites is 1. The van der Waals surface area contributed by atoms with Crippen molar-refractivity contribution in [2.24, 2.45) is 5.73 Å². The molecule has 21 nitrogen and oxygen atoms in total. The first-order valence-electron chi connectivity index (χ1n) is 20.9. The monoisotopic (exact) mass is 966 g/mol. The van der Waals surface area contributed by atoms with Crippen molar-refractivity contribution in [3.8, 4) is 5.75 Å². The topological polar surface area (TPSA) is 334 Å². The Bertz CT molecular complexity index is 2490. The van der Waals surface area contributed by atoms with Crippen LogP contribution in [0.15, 0.2) is 85.1 Å². The summed E-state index contributed by atoms with van der Waals surface area (Å²) in [6.45, 7) is 1.21. The van der Waals surface area contributed by atoms with E-state index in [4.69, 9.17) is 10.3 Å². The summed E-state index contributed by atoms with van der Waals surface area (Å²) >= 11 is 1.36. The van der Waals surface area contributed by atoms with Gasteiger partial charge in [-0.25, -0.2) is 0 Å². The van der Waals surface area contributed by atoms with Crippen LogP contribution in [0.25, 0.3) is 10.9 Å². The van der Waals surface area contributed by atoms with Gasteiger partial charge in [0.2, 0.25) is 41.4 Å². The smallest absolute Gasteiger partial charge is 0.446 e. The molecule has 4 aromatic rings. The number of rotatable bonds is 27. The lowest BCUT2D eigenvalue weighted by molar-refractivity contribution is -0.141. The van der Waals surface area contributed by atoms with Gasteiger partial charge in [0.15, 0.2) is 0 Å². The van der Waals surface area contributed by atoms with E-state index in [2.05, 4.69) is 41.1 Å². The van der Waals surface area contributed by atoms with E-state index in [0.29, 0.717) is 22.4 Å². The first-order valence-corrected chi connectivity index (χ1v) is 23.7. The minimum Gasteiger partial charge on any atom is -0.481 e. The number of thioether (sulfide) groups is 1. The van der Waals surface area contributed by atoms with Gasteiger partial charge in [0.25, 0.3) is 0 Å². The summed E-state index contributed by atoms with van der Waals surface area (Å²) in [6.07, 6.45) is 2.52. The van der Waals surface area contributed by atoms with E-state index in [9.17, 15) is 51.9 Å². The van der Waals surface area contributed by atoms with Crippen LogP contribution in [0.2, 0.25) is 0 Å². The second-order valence-corrected chi connectivity index (χ2v) is 17.4. The number of primary amides is 1. The van der Waals surface area contributed by atoms with Gasteiger partial charge >= 0.3 is 16.4 Å². The number of amides is 7. The van der Waals surface area contributed by atoms with Crippen molar-refractivity contribution >= 4 is 80.4 Å². The summed E-state index contributed by atoms with van der Waals surface area (Å²) in [7, 11) is -4.75. The number of aromatic nitrogens is 1. The van der Waals surface area contributed by atoms with Gasteiger partial charge in [0, 0.05) is 56.3 Å². The highest BCUT2D eigenvalue weighted by Crippen LogP contribution is 2.20. The van der Waals surface area contributed by atoms with E-state index in [-0.39, 0.29) is 50.8 Å². The van der Waals surface area contributed by atoms with Crippen LogP contribution in [-0.2, 0) is 68.0 Å². The average molecular weight is 967 g/mol. The van der Waals surface area contributed by atoms with Crippen LogP contribution < -0.4 is 41.8 Å². The van der Waals surface area contributed by atoms with Crippen molar-refractivity contribution in [3.05, 3.63) is 102 Å². The molecule has 360 valence electrons. The fraction of sp³-hybridized carbons (Fsp3) is 0.364. The van der Waals surface area contributed by atoms with Crippen LogP contribution in [0.3, 0.4) is 0 Å². The maximum Gasteiger partial charge on any atom is 0.446 e. The van der Waals surface area contributed by atoms with Crippen LogP contribution in [-0.4, -0.2) is 119 Å². The lowest BCUT2D eigenvalue weighted by Gasteiger charge is -2.26. The van der Waals surface area contributed by atoms with Crippen molar-refractivity contribution in [2.45, 2.75) is 82.1 Å². The zero-order valence-electron chi connectivity index (χ0n) is 36.6. The van der Waals surface area contributed by atoms with Gasteiger partial charge in [-0.2, -0.15) is 20.2 Å². The maximum absolute atomic E-state index is 14.1. The van der Waals surface area contributed by atoms with Crippen molar-refractivity contribution in [1.82, 2.24) is 36.9 Å². The number of aliphatic carboxylic acids is 1. The number of carbonyl (C=O) groups is 8. The Labute approximate surface area is 390 Å². The molecule has 0 radical (unpaired) electrons. The van der Waals surface area contributed by atoms with Gasteiger partial charge in [-0.3, -0.25) is 42.9 Å². The Kier molecular flexibility index (Phi) is 20.1. The molecule has 5 atom stereocenters. The second kappa shape index (κ2) is 25.6. The summed E-state index contributed by atoms with van der Waals surface area (Å²) < 4.78 is 35.3. The molecular weight excluding hydrogens is 913 g/mol. The molecule has 0 spiro atoms. The Morgan fingerprint density at radius 2 is 1.30 bits per heavy atom. The number of fused-ring (bicyclic) bond motifs is 1. The van der Waals surface area contributed by atoms with Gasteiger partial charge in [-0.1, -0.05) is 60.7 Å². The fourth-order valence-electron chi connectivity index (χ4n) is 6.85. The van der Waals surface area contributed by atoms with Crippen molar-refractivity contribution in [1.29, 1.82) is 0 Å². The van der Waals surface area contributed by atoms with Crippen LogP contribution in [0, 0.1) is 0 Å². The maximum atomic E-state index is 14.1. The number of aromatic amines is 1. The predicted octanol–water partition coefficient (Wildman–Crippen LogP) is 0.431. The molecule has 0 unspecified atom stereocenters. The Balaban J connectivity index is 1.44. The molecule has 7 amide bonds. The summed E-state index contributed by atoms with van der Waals surface area (Å²) in [5, 5.41) is 25.9. The van der Waals surface area contributed by atoms with Crippen molar-refractivity contribution < 1.29 is 60.6 Å². The normalized spacial score (nSPS) is 13.4. The molecule has 0 saturated carbocycles. The van der Waals surface area contributed by atoms with Gasteiger partial charge in [-0.15, -0.1) is 0 Å². The summed E-state index contributed by atoms with van der Waals surface area (Å²) in [6, 6.07) is 14.8. The highest BCUT2D eigenvalue weighted by Gasteiger charge is 2.33. The highest BCUT2D eigenvalue weighted by atomic mass is 32.3. The number of benzene rings is 3. The number of carbonyl (C=O) groups excluding carboxylic acids is 7. The third kappa shape index (κ3) is 18.1. The van der Waals surface area contributed by atoms with Crippen LogP contribution >= 0.6 is 11.8 Å². The molecule has 23 heteroatoms. The Morgan fingerprint density at radius 3 is 1.94 bits per heavy atom. The highest BCUT2D eigenvalue weighted by molar-refractivity contribution is 7.98. The van der Waals surface area contributed by atoms with E-state index in [1.807, 2.05) is 18.2 Å². The standard InChI is InChI=1S/C44H54N8O13S2/c1-26(53)48-35(22-28-14-16-30(17-15-28)65-67(62,63)64)41(58)46-19-8-13-38(54)49-36(23-29-25-47-32-12-7-6-11-31(29)32)43(60)50-33(18-20-66-2)42(59)52-37(24-39(55)56)44(61)51-34(40(45)57)21-27-9-4-3-5-10-27/h3-7,9-12,14-17,25,33-37,47H,8,13,18-24H2,1-2H3,(H2,45,57)(H,46,58)(H,48,53)(H,49,54)(H,50,60)(H,51,61)(H,52,59)(H,55,56)(H,62,63,64)/t33-,34-,35-,36-,37-/m0/s1.